The summed E-state index contributed by atoms with van der Waals surface area (Å²) < 4.78 is 0. The molecule has 3 aromatic rings. The standard InChI is InChI=1S/C18H23N7/c1-13-11-16(19-9-6-10-25(2)3)23-18(21-13)24-17-20-12-14-7-4-5-8-15(14)22-17/h4-5,7-8,11-12H,6,9-10H2,1-3H3,(H2,19,20,21,22,23,24). The van der Waals surface area contributed by atoms with Gasteiger partial charge >= 0.3 is 0 Å². The van der Waals surface area contributed by atoms with Gasteiger partial charge in [-0.3, -0.25) is 5.32 Å². The number of aryl methyl sites for hydroxylation is 1. The average molecular weight is 337 g/mol. The zero-order valence-corrected chi connectivity index (χ0v) is 14.8. The number of nitrogens with one attached hydrogen (secondary N) is 2. The van der Waals surface area contributed by atoms with Crippen LogP contribution in [-0.4, -0.2) is 52.0 Å². The predicted octanol–water partition coefficient (Wildman–Crippen LogP) is 2.84. The van der Waals surface area contributed by atoms with Gasteiger partial charge < -0.3 is 10.2 Å². The maximum Gasteiger partial charge on any atom is 0.231 e. The number of aromatic nitrogens is 4. The van der Waals surface area contributed by atoms with E-state index in [2.05, 4.69) is 49.6 Å². The van der Waals surface area contributed by atoms with Crippen molar-refractivity contribution in [2.75, 3.05) is 37.8 Å². The third-order valence-electron chi connectivity index (χ3n) is 3.66. The summed E-state index contributed by atoms with van der Waals surface area (Å²) in [6.07, 6.45) is 2.84. The summed E-state index contributed by atoms with van der Waals surface area (Å²) in [5.74, 6) is 1.78. The minimum Gasteiger partial charge on any atom is -0.370 e. The highest BCUT2D eigenvalue weighted by molar-refractivity contribution is 5.78. The quantitative estimate of drug-likeness (QED) is 0.642. The molecule has 0 spiro atoms. The Morgan fingerprint density at radius 2 is 1.88 bits per heavy atom. The summed E-state index contributed by atoms with van der Waals surface area (Å²) in [6, 6.07) is 9.80. The molecule has 0 amide bonds. The number of para-hydroxylation sites is 1. The molecular weight excluding hydrogens is 314 g/mol. The lowest BCUT2D eigenvalue weighted by atomic mass is 10.2. The molecule has 25 heavy (non-hydrogen) atoms. The van der Waals surface area contributed by atoms with Gasteiger partial charge in [0.05, 0.1) is 5.52 Å². The first-order valence-electron chi connectivity index (χ1n) is 8.33. The Morgan fingerprint density at radius 1 is 1.04 bits per heavy atom. The van der Waals surface area contributed by atoms with Crippen LogP contribution < -0.4 is 10.6 Å². The fraction of sp³-hybridized carbons (Fsp3) is 0.333. The highest BCUT2D eigenvalue weighted by atomic mass is 15.2. The van der Waals surface area contributed by atoms with E-state index in [0.29, 0.717) is 11.9 Å². The first kappa shape index (κ1) is 17.0. The largest absolute Gasteiger partial charge is 0.370 e. The molecule has 0 radical (unpaired) electrons. The Labute approximate surface area is 147 Å². The zero-order chi connectivity index (χ0) is 17.6. The Hall–Kier alpha value is -2.80. The van der Waals surface area contributed by atoms with Gasteiger partial charge in [-0.2, -0.15) is 4.98 Å². The number of fused-ring (bicyclic) bond motifs is 1. The van der Waals surface area contributed by atoms with E-state index < -0.39 is 0 Å². The van der Waals surface area contributed by atoms with E-state index in [4.69, 9.17) is 0 Å². The second-order valence-corrected chi connectivity index (χ2v) is 6.18. The molecule has 0 atom stereocenters. The summed E-state index contributed by atoms with van der Waals surface area (Å²) in [7, 11) is 4.14. The lowest BCUT2D eigenvalue weighted by Gasteiger charge is -2.11. The van der Waals surface area contributed by atoms with Crippen molar-refractivity contribution in [2.45, 2.75) is 13.3 Å². The molecule has 0 unspecified atom stereocenters. The zero-order valence-electron chi connectivity index (χ0n) is 14.8. The van der Waals surface area contributed by atoms with Gasteiger partial charge in [0.2, 0.25) is 11.9 Å². The Balaban J connectivity index is 1.70. The van der Waals surface area contributed by atoms with Gasteiger partial charge in [0, 0.05) is 29.9 Å². The SMILES string of the molecule is Cc1cc(NCCCN(C)C)nc(Nc2ncc3ccccc3n2)n1. The van der Waals surface area contributed by atoms with E-state index in [-0.39, 0.29) is 0 Å². The lowest BCUT2D eigenvalue weighted by molar-refractivity contribution is 0.405. The topological polar surface area (TPSA) is 78.9 Å². The number of hydrogen-bond donors (Lipinski definition) is 2. The molecule has 7 nitrogen and oxygen atoms in total. The number of benzene rings is 1. The van der Waals surface area contributed by atoms with Crippen LogP contribution in [0.3, 0.4) is 0 Å². The highest BCUT2D eigenvalue weighted by Gasteiger charge is 2.05. The number of hydrogen-bond acceptors (Lipinski definition) is 7. The smallest absolute Gasteiger partial charge is 0.231 e. The van der Waals surface area contributed by atoms with Gasteiger partial charge in [-0.05, 0) is 40.1 Å². The molecule has 0 fully saturated rings. The molecule has 0 saturated heterocycles. The van der Waals surface area contributed by atoms with Crippen molar-refractivity contribution in [3.05, 3.63) is 42.2 Å². The molecule has 1 aromatic carbocycles. The third-order valence-corrected chi connectivity index (χ3v) is 3.66. The van der Waals surface area contributed by atoms with Crippen LogP contribution in [0.2, 0.25) is 0 Å². The molecule has 0 bridgehead atoms. The van der Waals surface area contributed by atoms with Crippen LogP contribution >= 0.6 is 0 Å². The monoisotopic (exact) mass is 337 g/mol. The molecule has 0 saturated carbocycles. The summed E-state index contributed by atoms with van der Waals surface area (Å²) in [5, 5.41) is 7.43. The van der Waals surface area contributed by atoms with Crippen molar-refractivity contribution in [2.24, 2.45) is 0 Å². The van der Waals surface area contributed by atoms with Crippen molar-refractivity contribution in [3.8, 4) is 0 Å². The molecule has 3 rings (SSSR count). The van der Waals surface area contributed by atoms with E-state index in [1.807, 2.05) is 37.3 Å². The molecule has 2 heterocycles. The van der Waals surface area contributed by atoms with E-state index in [1.54, 1.807) is 6.20 Å². The van der Waals surface area contributed by atoms with Gasteiger partial charge in [0.25, 0.3) is 0 Å². The maximum absolute atomic E-state index is 4.50. The van der Waals surface area contributed by atoms with Crippen molar-refractivity contribution in [3.63, 3.8) is 0 Å². The van der Waals surface area contributed by atoms with Crippen molar-refractivity contribution in [1.82, 2.24) is 24.8 Å². The second kappa shape index (κ2) is 7.85. The minimum absolute atomic E-state index is 0.489. The third kappa shape index (κ3) is 4.84. The summed E-state index contributed by atoms with van der Waals surface area (Å²) in [6.45, 7) is 3.84. The van der Waals surface area contributed by atoms with Gasteiger partial charge in [-0.1, -0.05) is 18.2 Å². The van der Waals surface area contributed by atoms with Crippen LogP contribution in [-0.2, 0) is 0 Å². The average Bonchev–Trinajstić information content (AvgIpc) is 2.58. The van der Waals surface area contributed by atoms with Crippen molar-refractivity contribution >= 4 is 28.6 Å². The minimum atomic E-state index is 0.489. The summed E-state index contributed by atoms with van der Waals surface area (Å²) in [5.41, 5.74) is 1.77. The van der Waals surface area contributed by atoms with Crippen molar-refractivity contribution in [1.29, 1.82) is 0 Å². The van der Waals surface area contributed by atoms with E-state index >= 15 is 0 Å². The van der Waals surface area contributed by atoms with Gasteiger partial charge in [-0.25, -0.2) is 15.0 Å². The van der Waals surface area contributed by atoms with E-state index in [1.165, 1.54) is 0 Å². The molecule has 0 aliphatic heterocycles. The Morgan fingerprint density at radius 3 is 2.72 bits per heavy atom. The number of anilines is 3. The van der Waals surface area contributed by atoms with E-state index in [9.17, 15) is 0 Å². The maximum atomic E-state index is 4.50. The van der Waals surface area contributed by atoms with Crippen LogP contribution in [0, 0.1) is 6.92 Å². The molecular formula is C18H23N7. The first-order chi connectivity index (χ1) is 12.1. The fourth-order valence-electron chi connectivity index (χ4n) is 2.46. The van der Waals surface area contributed by atoms with Gasteiger partial charge in [0.15, 0.2) is 0 Å². The Kier molecular flexibility index (Phi) is 5.35. The molecule has 2 aromatic heterocycles. The number of nitrogens with zero attached hydrogens (tertiary/aromatic N) is 5. The first-order valence-corrected chi connectivity index (χ1v) is 8.33. The molecule has 2 N–H and O–H groups in total. The van der Waals surface area contributed by atoms with Crippen LogP contribution in [0.25, 0.3) is 10.9 Å². The number of rotatable bonds is 7. The van der Waals surface area contributed by atoms with Crippen LogP contribution in [0.15, 0.2) is 36.5 Å². The van der Waals surface area contributed by atoms with Gasteiger partial charge in [-0.15, -0.1) is 0 Å². The predicted molar refractivity (Wildman–Crippen MR) is 101 cm³/mol. The lowest BCUT2D eigenvalue weighted by Crippen LogP contribution is -2.17. The van der Waals surface area contributed by atoms with Gasteiger partial charge in [0.1, 0.15) is 5.82 Å². The summed E-state index contributed by atoms with van der Waals surface area (Å²) >= 11 is 0. The van der Waals surface area contributed by atoms with E-state index in [0.717, 1.165) is 41.9 Å². The summed E-state index contributed by atoms with van der Waals surface area (Å²) in [4.78, 5) is 19.9. The fourth-order valence-corrected chi connectivity index (χ4v) is 2.46. The molecule has 7 heteroatoms. The van der Waals surface area contributed by atoms with Crippen LogP contribution in [0.4, 0.5) is 17.7 Å². The molecule has 130 valence electrons. The van der Waals surface area contributed by atoms with Crippen molar-refractivity contribution < 1.29 is 0 Å². The highest BCUT2D eigenvalue weighted by Crippen LogP contribution is 2.16. The van der Waals surface area contributed by atoms with Crippen LogP contribution in [0.5, 0.6) is 0 Å². The molecule has 0 aliphatic carbocycles. The Bertz CT molecular complexity index is 848. The molecule has 0 aliphatic rings. The van der Waals surface area contributed by atoms with Crippen LogP contribution in [0.1, 0.15) is 12.1 Å². The second-order valence-electron chi connectivity index (χ2n) is 6.18. The normalized spacial score (nSPS) is 11.0.